The van der Waals surface area contributed by atoms with Gasteiger partial charge in [-0.2, -0.15) is 0 Å². The van der Waals surface area contributed by atoms with Crippen molar-refractivity contribution in [1.82, 2.24) is 73.1 Å². The molecule has 31 heteroatoms. The van der Waals surface area contributed by atoms with Crippen LogP contribution in [-0.2, 0) is 63.7 Å². The highest BCUT2D eigenvalue weighted by Gasteiger charge is 2.23. The first-order valence-corrected chi connectivity index (χ1v) is 26.7. The summed E-state index contributed by atoms with van der Waals surface area (Å²) in [5.41, 5.74) is 2.16. The fraction of sp³-hybridized carbons (Fsp3) is 0.352. The summed E-state index contributed by atoms with van der Waals surface area (Å²) in [7, 11) is 15.2. The van der Waals surface area contributed by atoms with Gasteiger partial charge in [0.2, 0.25) is 29.4 Å². The topological polar surface area (TPSA) is 367 Å². The van der Waals surface area contributed by atoms with Gasteiger partial charge in [-0.25, -0.2) is 15.0 Å². The van der Waals surface area contributed by atoms with Gasteiger partial charge in [-0.15, -0.1) is 0 Å². The molecule has 0 bridgehead atoms. The van der Waals surface area contributed by atoms with E-state index in [1.165, 1.54) is 76.5 Å². The highest BCUT2D eigenvalue weighted by atomic mass is 16.2. The van der Waals surface area contributed by atoms with Crippen LogP contribution in [0.1, 0.15) is 106 Å². The van der Waals surface area contributed by atoms with Gasteiger partial charge in [-0.3, -0.25) is 47.9 Å². The second-order valence-electron chi connectivity index (χ2n) is 20.2. The molecule has 0 atom stereocenters. The van der Waals surface area contributed by atoms with E-state index < -0.39 is 47.3 Å². The van der Waals surface area contributed by atoms with Crippen LogP contribution in [0.5, 0.6) is 0 Å². The van der Waals surface area contributed by atoms with Crippen LogP contribution in [0.4, 0.5) is 34.4 Å². The highest BCUT2D eigenvalue weighted by molar-refractivity contribution is 6.08. The van der Waals surface area contributed by atoms with Crippen LogP contribution in [0.3, 0.4) is 0 Å². The molecule has 0 radical (unpaired) electrons. The van der Waals surface area contributed by atoms with Crippen LogP contribution < -0.4 is 53.2 Å². The van der Waals surface area contributed by atoms with Crippen molar-refractivity contribution in [3.8, 4) is 0 Å². The maximum atomic E-state index is 13.4. The molecule has 10 amide bonds. The van der Waals surface area contributed by atoms with E-state index in [9.17, 15) is 47.9 Å². The number of hydrogen-bond acceptors (Lipinski definition) is 14. The summed E-state index contributed by atoms with van der Waals surface area (Å²) in [4.78, 5) is 144. The second kappa shape index (κ2) is 27.9. The van der Waals surface area contributed by atoms with Crippen molar-refractivity contribution in [3.63, 3.8) is 0 Å². The number of nitrogens with one attached hydrogen (secondary N) is 10. The number of hydrogen-bond donors (Lipinski definition) is 10. The molecule has 0 aromatic carbocycles. The first-order valence-electron chi connectivity index (χ1n) is 26.7. The van der Waals surface area contributed by atoms with E-state index in [0.29, 0.717) is 23.6 Å². The minimum Gasteiger partial charge on any atom is -0.356 e. The zero-order valence-corrected chi connectivity index (χ0v) is 48.5. The SMILES string of the molecule is CN(C)CCCNC(=O)CCNC(=O)c1cc(NC(=O)CCNC(=O)c2cc(NC(=O)c3cc(NC(=O)CCCNC(=O)c4nc(NC(=O)c5cc(NC(=O)c6nc(NC(=O)c7nccn7C)cn6C)cn5C)cn4C)cn3C)cn2C)cn1C. The fourth-order valence-electron chi connectivity index (χ4n) is 8.68. The van der Waals surface area contributed by atoms with Gasteiger partial charge in [0, 0.05) is 144 Å². The third-order valence-corrected chi connectivity index (χ3v) is 12.9. The minimum atomic E-state index is -0.603. The van der Waals surface area contributed by atoms with Crippen molar-refractivity contribution in [2.45, 2.75) is 32.1 Å². The Hall–Kier alpha value is -10.6. The van der Waals surface area contributed by atoms with Gasteiger partial charge >= 0.3 is 0 Å². The van der Waals surface area contributed by atoms with Crippen LogP contribution >= 0.6 is 0 Å². The molecule has 450 valence electrons. The average Bonchev–Trinajstić information content (AvgIpc) is 3.77. The molecule has 7 aromatic heterocycles. The third-order valence-electron chi connectivity index (χ3n) is 12.9. The minimum absolute atomic E-state index is 0.0128. The Morgan fingerprint density at radius 2 is 0.788 bits per heavy atom. The quantitative estimate of drug-likeness (QED) is 0.0325. The first-order chi connectivity index (χ1) is 40.4. The normalized spacial score (nSPS) is 11.0. The average molecular weight is 1170 g/mol. The molecule has 0 spiro atoms. The van der Waals surface area contributed by atoms with Gasteiger partial charge in [0.1, 0.15) is 22.8 Å². The monoisotopic (exact) mass is 1170 g/mol. The van der Waals surface area contributed by atoms with Crippen molar-refractivity contribution >= 4 is 93.5 Å². The molecule has 31 nitrogen and oxygen atoms in total. The Balaban J connectivity index is 0.791. The van der Waals surface area contributed by atoms with Gasteiger partial charge in [-0.05, 0) is 57.7 Å². The van der Waals surface area contributed by atoms with Crippen molar-refractivity contribution < 1.29 is 47.9 Å². The van der Waals surface area contributed by atoms with Gasteiger partial charge in [0.15, 0.2) is 17.5 Å². The van der Waals surface area contributed by atoms with E-state index in [0.717, 1.165) is 13.0 Å². The van der Waals surface area contributed by atoms with E-state index in [-0.39, 0.29) is 115 Å². The van der Waals surface area contributed by atoms with Crippen LogP contribution in [-0.4, -0.2) is 158 Å². The number of aromatic nitrogens is 10. The van der Waals surface area contributed by atoms with Crippen LogP contribution in [0.15, 0.2) is 73.8 Å². The summed E-state index contributed by atoms with van der Waals surface area (Å²) in [5, 5.41) is 27.1. The maximum absolute atomic E-state index is 13.4. The molecule has 0 unspecified atom stereocenters. The van der Waals surface area contributed by atoms with Gasteiger partial charge in [-0.1, -0.05) is 0 Å². The van der Waals surface area contributed by atoms with Crippen molar-refractivity contribution in [2.24, 2.45) is 49.3 Å². The zero-order valence-electron chi connectivity index (χ0n) is 48.5. The number of imidazole rings is 3. The summed E-state index contributed by atoms with van der Waals surface area (Å²) >= 11 is 0. The van der Waals surface area contributed by atoms with E-state index in [4.69, 9.17) is 0 Å². The number of carbonyl (C=O) groups is 10. The molecule has 0 fully saturated rings. The lowest BCUT2D eigenvalue weighted by molar-refractivity contribution is -0.121. The Morgan fingerprint density at radius 3 is 1.28 bits per heavy atom. The number of amides is 10. The predicted octanol–water partition coefficient (Wildman–Crippen LogP) is 1.35. The molecule has 7 aromatic rings. The third kappa shape index (κ3) is 16.8. The summed E-state index contributed by atoms with van der Waals surface area (Å²) in [6.45, 7) is 1.63. The molecule has 0 aliphatic carbocycles. The number of nitrogens with zero attached hydrogens (tertiary/aromatic N) is 11. The zero-order chi connectivity index (χ0) is 61.6. The van der Waals surface area contributed by atoms with Gasteiger partial charge in [0.25, 0.3) is 41.4 Å². The van der Waals surface area contributed by atoms with Crippen LogP contribution in [0.25, 0.3) is 0 Å². The summed E-state index contributed by atoms with van der Waals surface area (Å²) in [6, 6.07) is 5.92. The first kappa shape index (κ1) is 62.0. The van der Waals surface area contributed by atoms with Gasteiger partial charge < -0.3 is 90.0 Å². The van der Waals surface area contributed by atoms with E-state index in [2.05, 4.69) is 68.1 Å². The fourth-order valence-corrected chi connectivity index (χ4v) is 8.68. The van der Waals surface area contributed by atoms with E-state index in [1.54, 1.807) is 78.7 Å². The number of aryl methyl sites for hydroxylation is 7. The standard InChI is InChI=1S/C54H69N21O10/c1-68(2)20-11-16-55-42(76)13-17-58-48(79)36-22-32(26-70(36)4)61-44(78)14-18-59-49(80)37-24-34(28-71(37)5)62-50(81)38-23-33(27-72(38)6)60-43(77)12-10-15-57-52(83)46-64-40(30-74(46)8)66-51(82)39-25-35(29-73(39)7)63-54(85)47-65-41(31-75(47)9)67-53(84)45-56-19-21-69(45)3/h19,21-31H,10-18,20H2,1-9H3,(H,55,76)(H,57,83)(H,58,79)(H,59,80)(H,60,77)(H,61,78)(H,62,81)(H,63,85)(H,66,82)(H,67,84). The molecule has 0 aliphatic heterocycles. The lowest BCUT2D eigenvalue weighted by Crippen LogP contribution is -2.32. The molecule has 0 saturated carbocycles. The molecular weight excluding hydrogens is 1100 g/mol. The van der Waals surface area contributed by atoms with E-state index >= 15 is 0 Å². The Kier molecular flexibility index (Phi) is 20.4. The van der Waals surface area contributed by atoms with Crippen LogP contribution in [0, 0.1) is 0 Å². The molecular formula is C54H69N21O10. The second-order valence-corrected chi connectivity index (χ2v) is 20.2. The molecule has 0 aliphatic rings. The van der Waals surface area contributed by atoms with Crippen molar-refractivity contribution in [1.29, 1.82) is 0 Å². The maximum Gasteiger partial charge on any atom is 0.292 e. The largest absolute Gasteiger partial charge is 0.356 e. The Bertz CT molecular complexity index is 3660. The number of rotatable bonds is 27. The molecule has 0 saturated heterocycles. The smallest absolute Gasteiger partial charge is 0.292 e. The molecule has 10 N–H and O–H groups in total. The lowest BCUT2D eigenvalue weighted by Gasteiger charge is -2.10. The molecule has 85 heavy (non-hydrogen) atoms. The van der Waals surface area contributed by atoms with E-state index in [1.807, 2.05) is 19.0 Å². The number of carbonyl (C=O) groups excluding carboxylic acids is 10. The Morgan fingerprint density at radius 1 is 0.388 bits per heavy atom. The molecule has 7 heterocycles. The number of anilines is 6. The van der Waals surface area contributed by atoms with Crippen molar-refractivity contribution in [2.75, 3.05) is 78.7 Å². The summed E-state index contributed by atoms with van der Waals surface area (Å²) in [5.74, 6) is -4.28. The summed E-state index contributed by atoms with van der Waals surface area (Å²) < 4.78 is 10.5. The van der Waals surface area contributed by atoms with Crippen molar-refractivity contribution in [3.05, 3.63) is 114 Å². The Labute approximate surface area is 487 Å². The van der Waals surface area contributed by atoms with Gasteiger partial charge in [0.05, 0.1) is 22.7 Å². The molecule has 7 rings (SSSR count). The lowest BCUT2D eigenvalue weighted by atomic mass is 10.3. The predicted molar refractivity (Wildman–Crippen MR) is 312 cm³/mol. The van der Waals surface area contributed by atoms with Crippen LogP contribution in [0.2, 0.25) is 0 Å². The summed E-state index contributed by atoms with van der Waals surface area (Å²) in [6.07, 6.45) is 13.3. The highest BCUT2D eigenvalue weighted by Crippen LogP contribution is 2.21.